The predicted octanol–water partition coefficient (Wildman–Crippen LogP) is 12.5. The van der Waals surface area contributed by atoms with Gasteiger partial charge in [0.15, 0.2) is 0 Å². The first-order valence-corrected chi connectivity index (χ1v) is 34.6. The molecule has 97 heavy (non-hydrogen) atoms. The van der Waals surface area contributed by atoms with Gasteiger partial charge in [-0.1, -0.05) is 312 Å². The minimum Gasteiger partial charge on any atom is -0.872 e. The molecule has 2 N–H and O–H groups in total. The number of aliphatic hydroxyl groups is 2. The molecule has 10 aromatic carbocycles. The Hall–Kier alpha value is -7.64. The Balaban J connectivity index is 0.000000183. The van der Waals surface area contributed by atoms with Crippen LogP contribution in [-0.4, -0.2) is 80.2 Å². The zero-order valence-corrected chi connectivity index (χ0v) is 58.3. The Kier molecular flexibility index (Phi) is 21.9. The standard InChI is InChI=1S/2C43H45N2O3.Zr/c2*1-32-28-33(30-44-26-14-24-39(44)42(47,35-16-6-2-7-17-35)36-18-8-3-9-19-36)41(46)34(29-32)31-45-27-15-25-40(45)43(48,37-20-10-4-11-21-37)38-22-12-5-13-23-38;/h2*2-13,16-23,28-29,39-40,46-47H,14-15,24-27,30-31H2,1H3;/q2*-1;+4/p-2/t2*39-,40-;/m00./s1. The molecule has 4 saturated heterocycles. The summed E-state index contributed by atoms with van der Waals surface area (Å²) in [6.07, 6.45) is 6.90. The van der Waals surface area contributed by atoms with E-state index in [9.17, 15) is 20.4 Å². The molecule has 0 spiro atoms. The number of hydrogen-bond acceptors (Lipinski definition) is 10. The summed E-state index contributed by atoms with van der Waals surface area (Å²) >= 11 is 0. The third-order valence-electron chi connectivity index (χ3n) is 21.3. The van der Waals surface area contributed by atoms with Crippen molar-refractivity contribution in [2.45, 2.75) is 138 Å². The first kappa shape index (κ1) is 69.3. The maximum atomic E-state index is 15.2. The van der Waals surface area contributed by atoms with Gasteiger partial charge >= 0.3 is 26.2 Å². The van der Waals surface area contributed by atoms with Crippen LogP contribution in [0.2, 0.25) is 0 Å². The summed E-state index contributed by atoms with van der Waals surface area (Å²) in [5.74, 6) is 0.0755. The van der Waals surface area contributed by atoms with E-state index < -0.39 is 22.4 Å². The van der Waals surface area contributed by atoms with E-state index in [0.29, 0.717) is 26.2 Å². The van der Waals surface area contributed by atoms with Crippen molar-refractivity contribution >= 4 is 0 Å². The molecule has 10 nitrogen and oxygen atoms in total. The van der Waals surface area contributed by atoms with E-state index in [1.54, 1.807) is 0 Å². The summed E-state index contributed by atoms with van der Waals surface area (Å²) in [7, 11) is 0. The van der Waals surface area contributed by atoms with Crippen LogP contribution in [0.4, 0.5) is 0 Å². The smallest absolute Gasteiger partial charge is 0.872 e. The topological polar surface area (TPSA) is 146 Å². The van der Waals surface area contributed by atoms with Crippen molar-refractivity contribution in [3.05, 3.63) is 345 Å². The maximum Gasteiger partial charge on any atom is 4.00 e. The molecule has 4 fully saturated rings. The van der Waals surface area contributed by atoms with Crippen molar-refractivity contribution in [2.75, 3.05) is 26.2 Å². The monoisotopic (exact) mass is 1360 g/mol. The van der Waals surface area contributed by atoms with Crippen molar-refractivity contribution in [2.24, 2.45) is 0 Å². The molecule has 0 radical (unpaired) electrons. The Morgan fingerprint density at radius 2 is 0.495 bits per heavy atom. The van der Waals surface area contributed by atoms with Crippen molar-refractivity contribution in [3.63, 3.8) is 0 Å². The maximum absolute atomic E-state index is 15.2. The molecule has 14 rings (SSSR count). The van der Waals surface area contributed by atoms with E-state index in [4.69, 9.17) is 0 Å². The third kappa shape index (κ3) is 14.1. The largest absolute Gasteiger partial charge is 4.00 e. The van der Waals surface area contributed by atoms with Crippen molar-refractivity contribution < 1.29 is 56.8 Å². The fourth-order valence-electron chi connectivity index (χ4n) is 16.8. The van der Waals surface area contributed by atoms with E-state index in [1.165, 1.54) is 0 Å². The van der Waals surface area contributed by atoms with Crippen LogP contribution in [-0.2, 0) is 74.8 Å². The van der Waals surface area contributed by atoms with E-state index in [1.807, 2.05) is 281 Å². The van der Waals surface area contributed by atoms with Crippen molar-refractivity contribution in [1.29, 1.82) is 0 Å². The van der Waals surface area contributed by atoms with Crippen LogP contribution in [0, 0.1) is 13.8 Å². The second kappa shape index (κ2) is 30.6. The minimum atomic E-state index is -1.46. The number of likely N-dealkylation sites (tertiary alicyclic amines) is 4. The number of benzene rings is 10. The quantitative estimate of drug-likeness (QED) is 0.0756. The molecule has 0 saturated carbocycles. The molecular weight excluding hydrogens is 1280 g/mol. The molecule has 4 aliphatic heterocycles. The molecule has 492 valence electrons. The number of rotatable bonds is 20. The van der Waals surface area contributed by atoms with Gasteiger partial charge in [0.2, 0.25) is 0 Å². The average Bonchev–Trinajstić information content (AvgIpc) is 1.76. The van der Waals surface area contributed by atoms with Gasteiger partial charge in [-0.15, -0.1) is 0 Å². The number of hydrogen-bond donors (Lipinski definition) is 2. The van der Waals surface area contributed by atoms with Crippen molar-refractivity contribution in [3.8, 4) is 11.5 Å². The van der Waals surface area contributed by atoms with Crippen LogP contribution in [0.3, 0.4) is 0 Å². The fourth-order valence-corrected chi connectivity index (χ4v) is 16.8. The third-order valence-corrected chi connectivity index (χ3v) is 21.3. The Bertz CT molecular complexity index is 3450. The fraction of sp³-hybridized carbons (Fsp3) is 0.302. The summed E-state index contributed by atoms with van der Waals surface area (Å²) in [6, 6.07) is 85.6. The Labute approximate surface area is 592 Å². The van der Waals surface area contributed by atoms with E-state index in [0.717, 1.165) is 155 Å². The summed E-state index contributed by atoms with van der Waals surface area (Å²) in [5, 5.41) is 84.1. The molecule has 0 amide bonds. The Morgan fingerprint density at radius 3 is 0.711 bits per heavy atom. The van der Waals surface area contributed by atoms with E-state index >= 15 is 10.2 Å². The van der Waals surface area contributed by atoms with Gasteiger partial charge in [0, 0.05) is 50.3 Å². The van der Waals surface area contributed by atoms with Gasteiger partial charge in [0.05, 0.1) is 0 Å². The van der Waals surface area contributed by atoms with Crippen molar-refractivity contribution in [1.82, 2.24) is 19.6 Å². The SMILES string of the molecule is Cc1cc(CN2CCC[C@H]2C([O-])(c2ccccc2)c2ccccc2)c([O-])c(CN2CCC[C@H]2C(O)(c2ccccc2)c2ccccc2)c1.Cc1cc(CN2CCC[C@H]2C([O-])(c2ccccc2)c2ccccc2)c([O-])c(CN2CCC[C@H]2C(O)(c2ccccc2)c2ccccc2)c1.[Zr+4]. The molecule has 11 heteroatoms. The number of nitrogens with zero attached hydrogens (tertiary/aromatic N) is 4. The normalized spacial score (nSPS) is 18.9. The van der Waals surface area contributed by atoms with E-state index in [-0.39, 0.29) is 61.9 Å². The van der Waals surface area contributed by atoms with Crippen LogP contribution in [0.15, 0.2) is 267 Å². The summed E-state index contributed by atoms with van der Waals surface area (Å²) in [6.45, 7) is 9.03. The molecule has 0 bridgehead atoms. The summed E-state index contributed by atoms with van der Waals surface area (Å²) < 4.78 is 0. The Morgan fingerprint density at radius 1 is 0.309 bits per heavy atom. The first-order chi connectivity index (χ1) is 46.8. The number of aryl methyl sites for hydroxylation is 2. The summed E-state index contributed by atoms with van der Waals surface area (Å²) in [4.78, 5) is 9.09. The van der Waals surface area contributed by atoms with Crippen LogP contribution in [0.1, 0.15) is 129 Å². The molecule has 4 heterocycles. The van der Waals surface area contributed by atoms with Crippen LogP contribution >= 0.6 is 0 Å². The van der Waals surface area contributed by atoms with Gasteiger partial charge in [-0.3, -0.25) is 19.6 Å². The molecular formula is C86H88N4O6Zr. The molecule has 10 aromatic rings. The first-order valence-electron chi connectivity index (χ1n) is 34.6. The zero-order chi connectivity index (χ0) is 66.3. The van der Waals surface area contributed by atoms with Gasteiger partial charge in [-0.25, -0.2) is 0 Å². The van der Waals surface area contributed by atoms with Crippen LogP contribution in [0.25, 0.3) is 0 Å². The predicted molar refractivity (Wildman–Crippen MR) is 374 cm³/mol. The van der Waals surface area contributed by atoms with Gasteiger partial charge in [0.1, 0.15) is 11.2 Å². The van der Waals surface area contributed by atoms with Gasteiger partial charge in [-0.05, 0) is 147 Å². The van der Waals surface area contributed by atoms with Crippen LogP contribution < -0.4 is 20.4 Å². The molecule has 4 atom stereocenters. The van der Waals surface area contributed by atoms with Crippen LogP contribution in [0.5, 0.6) is 11.5 Å². The summed E-state index contributed by atoms with van der Waals surface area (Å²) in [5.41, 5.74) is 6.12. The zero-order valence-electron chi connectivity index (χ0n) is 55.8. The average molecular weight is 1360 g/mol. The van der Waals surface area contributed by atoms with Gasteiger partial charge < -0.3 is 30.6 Å². The minimum absolute atomic E-state index is 0. The molecule has 0 aromatic heterocycles. The second-order valence-electron chi connectivity index (χ2n) is 27.3. The van der Waals surface area contributed by atoms with Gasteiger partial charge in [0.25, 0.3) is 0 Å². The van der Waals surface area contributed by atoms with Gasteiger partial charge in [-0.2, -0.15) is 0 Å². The molecule has 0 aliphatic carbocycles. The molecule has 0 unspecified atom stereocenters. The van der Waals surface area contributed by atoms with E-state index in [2.05, 4.69) is 19.6 Å². The second-order valence-corrected chi connectivity index (χ2v) is 27.3. The molecule has 4 aliphatic rings.